The number of benzene rings is 1. The maximum atomic E-state index is 13.6. The van der Waals surface area contributed by atoms with E-state index in [0.29, 0.717) is 19.2 Å². The van der Waals surface area contributed by atoms with Crippen LogP contribution in [0.25, 0.3) is 10.9 Å². The number of fused-ring (bicyclic) bond motifs is 1. The minimum atomic E-state index is -4.75. The number of hydrogen-bond acceptors (Lipinski definition) is 6. The van der Waals surface area contributed by atoms with Crippen LogP contribution in [0.2, 0.25) is 0 Å². The number of alkyl halides is 3. The topological polar surface area (TPSA) is 122 Å². The highest BCUT2D eigenvalue weighted by molar-refractivity contribution is 7.91. The van der Waals surface area contributed by atoms with E-state index in [2.05, 4.69) is 10.3 Å². The SMILES string of the molecule is CS(=O)(=O)Nn1c(=O)[nH]c2cc(C(F)(F)F)c(C3CCNCCO3)cc2c1=O. The molecule has 1 atom stereocenters. The third-order valence-corrected chi connectivity index (χ3v) is 4.67. The molecular formula is C15H17F3N4O5S. The van der Waals surface area contributed by atoms with Gasteiger partial charge in [-0.3, -0.25) is 4.79 Å². The smallest absolute Gasteiger partial charge is 0.372 e. The lowest BCUT2D eigenvalue weighted by Crippen LogP contribution is -2.43. The molecule has 1 aromatic heterocycles. The first-order chi connectivity index (χ1) is 13.0. The van der Waals surface area contributed by atoms with E-state index in [1.54, 1.807) is 4.83 Å². The molecule has 0 spiro atoms. The van der Waals surface area contributed by atoms with Gasteiger partial charge in [0.25, 0.3) is 5.56 Å². The molecule has 28 heavy (non-hydrogen) atoms. The fraction of sp³-hybridized carbons (Fsp3) is 0.467. The standard InChI is InChI=1S/C15H17F3N4O5S/c1-28(25,26)21-22-13(23)9-6-8(12-2-3-19-4-5-27-12)10(15(16,17)18)7-11(9)20-14(22)24/h6-7,12,19,21H,2-5H2,1H3,(H,20,24). The molecule has 1 aromatic carbocycles. The Morgan fingerprint density at radius 3 is 2.61 bits per heavy atom. The minimum absolute atomic E-state index is 0.186. The lowest BCUT2D eigenvalue weighted by Gasteiger charge is -2.21. The third-order valence-electron chi connectivity index (χ3n) is 4.16. The second-order valence-corrected chi connectivity index (χ2v) is 8.04. The van der Waals surface area contributed by atoms with Gasteiger partial charge in [-0.2, -0.15) is 17.8 Å². The molecule has 1 aliphatic rings. The van der Waals surface area contributed by atoms with Gasteiger partial charge in [-0.25, -0.2) is 18.0 Å². The van der Waals surface area contributed by atoms with Crippen molar-refractivity contribution in [2.24, 2.45) is 0 Å². The summed E-state index contributed by atoms with van der Waals surface area (Å²) in [7, 11) is -3.98. The molecule has 2 heterocycles. The predicted molar refractivity (Wildman–Crippen MR) is 94.2 cm³/mol. The molecule has 0 aliphatic carbocycles. The molecule has 9 nitrogen and oxygen atoms in total. The molecule has 1 saturated heterocycles. The molecule has 2 aromatic rings. The molecule has 1 unspecified atom stereocenters. The number of rotatable bonds is 3. The van der Waals surface area contributed by atoms with E-state index in [-0.39, 0.29) is 34.2 Å². The largest absolute Gasteiger partial charge is 0.416 e. The first-order valence-corrected chi connectivity index (χ1v) is 10.1. The van der Waals surface area contributed by atoms with Gasteiger partial charge in [-0.05, 0) is 30.7 Å². The van der Waals surface area contributed by atoms with Gasteiger partial charge >= 0.3 is 11.9 Å². The van der Waals surface area contributed by atoms with E-state index in [4.69, 9.17) is 4.74 Å². The Balaban J connectivity index is 2.28. The summed E-state index contributed by atoms with van der Waals surface area (Å²) in [4.78, 5) is 28.4. The van der Waals surface area contributed by atoms with Crippen LogP contribution in [0.5, 0.6) is 0 Å². The molecule has 1 aliphatic heterocycles. The van der Waals surface area contributed by atoms with Crippen molar-refractivity contribution in [3.63, 3.8) is 0 Å². The van der Waals surface area contributed by atoms with Crippen LogP contribution in [0.1, 0.15) is 23.7 Å². The van der Waals surface area contributed by atoms with E-state index in [1.165, 1.54) is 0 Å². The summed E-state index contributed by atoms with van der Waals surface area (Å²) < 4.78 is 69.2. The van der Waals surface area contributed by atoms with Crippen LogP contribution in [-0.4, -0.2) is 44.0 Å². The number of halogens is 3. The Morgan fingerprint density at radius 2 is 1.96 bits per heavy atom. The fourth-order valence-electron chi connectivity index (χ4n) is 3.00. The van der Waals surface area contributed by atoms with Crippen LogP contribution in [0, 0.1) is 0 Å². The first kappa shape index (κ1) is 20.4. The van der Waals surface area contributed by atoms with Gasteiger partial charge in [-0.15, -0.1) is 0 Å². The number of aromatic nitrogens is 2. The van der Waals surface area contributed by atoms with Crippen LogP contribution < -0.4 is 21.4 Å². The van der Waals surface area contributed by atoms with E-state index in [1.807, 2.05) is 0 Å². The summed E-state index contributed by atoms with van der Waals surface area (Å²) in [6.45, 7) is 1.08. The normalized spacial score (nSPS) is 18.8. The summed E-state index contributed by atoms with van der Waals surface area (Å²) in [5.41, 5.74) is -3.94. The number of hydrogen-bond donors (Lipinski definition) is 3. The summed E-state index contributed by atoms with van der Waals surface area (Å²) in [5.74, 6) is 0. The van der Waals surface area contributed by atoms with Crippen molar-refractivity contribution in [3.8, 4) is 0 Å². The molecule has 3 rings (SSSR count). The number of aromatic amines is 1. The Labute approximate surface area is 156 Å². The van der Waals surface area contributed by atoms with E-state index >= 15 is 0 Å². The summed E-state index contributed by atoms with van der Waals surface area (Å²) in [6, 6.07) is 1.66. The Morgan fingerprint density at radius 1 is 1.25 bits per heavy atom. The second-order valence-electron chi connectivity index (χ2n) is 6.32. The highest BCUT2D eigenvalue weighted by Gasteiger charge is 2.36. The lowest BCUT2D eigenvalue weighted by molar-refractivity contribution is -0.139. The first-order valence-electron chi connectivity index (χ1n) is 8.17. The van der Waals surface area contributed by atoms with Gasteiger partial charge in [0, 0.05) is 6.54 Å². The molecule has 1 fully saturated rings. The monoisotopic (exact) mass is 422 g/mol. The van der Waals surface area contributed by atoms with Crippen molar-refractivity contribution < 1.29 is 26.3 Å². The van der Waals surface area contributed by atoms with Gasteiger partial charge < -0.3 is 15.0 Å². The number of sulfonamides is 1. The molecule has 0 radical (unpaired) electrons. The highest BCUT2D eigenvalue weighted by Crippen LogP contribution is 2.38. The average Bonchev–Trinajstić information content (AvgIpc) is 2.85. The zero-order valence-electron chi connectivity index (χ0n) is 14.6. The third kappa shape index (κ3) is 4.20. The lowest BCUT2D eigenvalue weighted by atomic mass is 9.97. The minimum Gasteiger partial charge on any atom is -0.372 e. The summed E-state index contributed by atoms with van der Waals surface area (Å²) in [5, 5.41) is 2.72. The molecule has 154 valence electrons. The van der Waals surface area contributed by atoms with Crippen molar-refractivity contribution >= 4 is 20.9 Å². The summed E-state index contributed by atoms with van der Waals surface area (Å²) in [6.07, 6.45) is -4.69. The quantitative estimate of drug-likeness (QED) is 0.653. The number of H-pyrrole nitrogens is 1. The van der Waals surface area contributed by atoms with Crippen LogP contribution in [0.3, 0.4) is 0 Å². The second kappa shape index (κ2) is 7.22. The Hall–Kier alpha value is -2.38. The van der Waals surface area contributed by atoms with Gasteiger partial charge in [0.2, 0.25) is 10.0 Å². The van der Waals surface area contributed by atoms with Gasteiger partial charge in [0.05, 0.1) is 35.4 Å². The van der Waals surface area contributed by atoms with Crippen molar-refractivity contribution in [2.45, 2.75) is 18.7 Å². The number of nitrogens with zero attached hydrogens (tertiary/aromatic N) is 1. The maximum Gasteiger partial charge on any atom is 0.416 e. The van der Waals surface area contributed by atoms with Crippen LogP contribution in [0.4, 0.5) is 13.2 Å². The van der Waals surface area contributed by atoms with E-state index in [9.17, 15) is 31.2 Å². The van der Waals surface area contributed by atoms with Crippen LogP contribution >= 0.6 is 0 Å². The molecule has 0 amide bonds. The Kier molecular flexibility index (Phi) is 5.25. The zero-order valence-corrected chi connectivity index (χ0v) is 15.4. The average molecular weight is 422 g/mol. The molecular weight excluding hydrogens is 405 g/mol. The maximum absolute atomic E-state index is 13.6. The van der Waals surface area contributed by atoms with Gasteiger partial charge in [0.15, 0.2) is 0 Å². The fourth-order valence-corrected chi connectivity index (χ4v) is 3.50. The molecule has 0 bridgehead atoms. The van der Waals surface area contributed by atoms with Crippen LogP contribution in [0.15, 0.2) is 21.7 Å². The van der Waals surface area contributed by atoms with Gasteiger partial charge in [0.1, 0.15) is 0 Å². The molecule has 0 saturated carbocycles. The number of ether oxygens (including phenoxy) is 1. The summed E-state index contributed by atoms with van der Waals surface area (Å²) >= 11 is 0. The van der Waals surface area contributed by atoms with E-state index < -0.39 is 39.1 Å². The molecule has 13 heteroatoms. The van der Waals surface area contributed by atoms with Crippen molar-refractivity contribution in [3.05, 3.63) is 44.1 Å². The van der Waals surface area contributed by atoms with Crippen LogP contribution in [-0.2, 0) is 20.9 Å². The molecule has 3 N–H and O–H groups in total. The highest BCUT2D eigenvalue weighted by atomic mass is 32.2. The number of nitrogens with one attached hydrogen (secondary N) is 3. The Bertz CT molecular complexity index is 1120. The van der Waals surface area contributed by atoms with E-state index in [0.717, 1.165) is 12.3 Å². The predicted octanol–water partition coefficient (Wildman–Crippen LogP) is 0.263. The van der Waals surface area contributed by atoms with Crippen molar-refractivity contribution in [1.29, 1.82) is 0 Å². The van der Waals surface area contributed by atoms with Crippen molar-refractivity contribution in [1.82, 2.24) is 15.0 Å². The van der Waals surface area contributed by atoms with Crippen molar-refractivity contribution in [2.75, 3.05) is 30.8 Å². The van der Waals surface area contributed by atoms with Gasteiger partial charge in [-0.1, -0.05) is 0 Å². The zero-order chi connectivity index (χ0) is 20.7.